The summed E-state index contributed by atoms with van der Waals surface area (Å²) in [6.07, 6.45) is 7.08. The first-order valence-electron chi connectivity index (χ1n) is 5.67. The minimum Gasteiger partial charge on any atom is -0.130 e. The van der Waals surface area contributed by atoms with Crippen molar-refractivity contribution in [1.29, 1.82) is 0 Å². The van der Waals surface area contributed by atoms with Crippen LogP contribution in [-0.2, 0) is 0 Å². The van der Waals surface area contributed by atoms with Crippen LogP contribution in [0.5, 0.6) is 0 Å². The Balaban J connectivity index is 4.18. The van der Waals surface area contributed by atoms with Gasteiger partial charge in [0.1, 0.15) is 0 Å². The molecule has 0 amide bonds. The zero-order valence-electron chi connectivity index (χ0n) is 10.2. The molecule has 0 N–H and O–H groups in total. The number of allylic oxidation sites excluding steroid dienone is 3. The van der Waals surface area contributed by atoms with E-state index in [4.69, 9.17) is 0 Å². The fourth-order valence-electron chi connectivity index (χ4n) is 1.28. The van der Waals surface area contributed by atoms with Crippen LogP contribution in [0.2, 0.25) is 0 Å². The molecule has 0 nitrogen and oxygen atoms in total. The molecule has 0 aromatic heterocycles. The lowest BCUT2D eigenvalue weighted by Crippen LogP contribution is -1.91. The minimum atomic E-state index is 0.810. The van der Waals surface area contributed by atoms with Gasteiger partial charge in [-0.2, -0.15) is 0 Å². The largest absolute Gasteiger partial charge is 0.130 e. The van der Waals surface area contributed by atoms with E-state index >= 15 is 0 Å². The van der Waals surface area contributed by atoms with Crippen LogP contribution in [0.3, 0.4) is 0 Å². The van der Waals surface area contributed by atoms with Crippen molar-refractivity contribution in [1.82, 2.24) is 0 Å². The maximum Gasteiger partial charge on any atom is -0.00353 e. The molecule has 0 aromatic rings. The second-order valence-corrected chi connectivity index (χ2v) is 4.10. The molecule has 14 heavy (non-hydrogen) atoms. The third-order valence-electron chi connectivity index (χ3n) is 2.75. The van der Waals surface area contributed by atoms with Crippen LogP contribution in [0.4, 0.5) is 0 Å². The van der Waals surface area contributed by atoms with Crippen molar-refractivity contribution in [3.8, 4) is 0 Å². The van der Waals surface area contributed by atoms with Crippen LogP contribution in [0, 0.1) is 5.92 Å². The first-order valence-corrected chi connectivity index (χ1v) is 5.67. The van der Waals surface area contributed by atoms with Crippen molar-refractivity contribution in [3.05, 3.63) is 29.5 Å². The van der Waals surface area contributed by atoms with Gasteiger partial charge < -0.3 is 0 Å². The van der Waals surface area contributed by atoms with E-state index in [0.29, 0.717) is 0 Å². The third-order valence-corrected chi connectivity index (χ3v) is 2.75. The number of hydrogen-bond donors (Lipinski definition) is 0. The second kappa shape index (κ2) is 7.64. The Kier molecular flexibility index (Phi) is 7.24. The maximum atomic E-state index is 3.67. The average Bonchev–Trinajstić information content (AvgIpc) is 2.22. The van der Waals surface area contributed by atoms with E-state index in [-0.39, 0.29) is 0 Å². The minimum absolute atomic E-state index is 0.810. The normalized spacial score (nSPS) is 13.6. The molecular formula is C14H24. The first-order chi connectivity index (χ1) is 6.63. The quantitative estimate of drug-likeness (QED) is 0.415. The smallest absolute Gasteiger partial charge is 0.00353 e. The molecule has 0 aliphatic heterocycles. The van der Waals surface area contributed by atoms with Crippen molar-refractivity contribution < 1.29 is 0 Å². The van der Waals surface area contributed by atoms with E-state index in [1.54, 1.807) is 0 Å². The van der Waals surface area contributed by atoms with Gasteiger partial charge in [0.25, 0.3) is 0 Å². The van der Waals surface area contributed by atoms with Crippen molar-refractivity contribution in [3.63, 3.8) is 0 Å². The highest BCUT2D eigenvalue weighted by molar-refractivity contribution is 5.12. The molecule has 0 aromatic carbocycles. The molecule has 0 saturated heterocycles. The lowest BCUT2D eigenvalue weighted by Gasteiger charge is -2.07. The predicted molar refractivity (Wildman–Crippen MR) is 65.4 cm³/mol. The van der Waals surface area contributed by atoms with Crippen LogP contribution in [0.1, 0.15) is 53.4 Å². The lowest BCUT2D eigenvalue weighted by atomic mass is 9.99. The highest BCUT2D eigenvalue weighted by Gasteiger charge is 1.99. The van der Waals surface area contributed by atoms with E-state index in [1.807, 2.05) is 0 Å². The van der Waals surface area contributed by atoms with Crippen LogP contribution in [-0.4, -0.2) is 0 Å². The van der Waals surface area contributed by atoms with Crippen LogP contribution in [0.15, 0.2) is 29.5 Å². The van der Waals surface area contributed by atoms with Crippen molar-refractivity contribution in [2.24, 2.45) is 5.92 Å². The van der Waals surface area contributed by atoms with Gasteiger partial charge in [-0.3, -0.25) is 0 Å². The molecule has 1 unspecified atom stereocenters. The summed E-state index contributed by atoms with van der Waals surface area (Å²) in [6.45, 7) is 12.5. The molecular weight excluding hydrogens is 168 g/mol. The van der Waals surface area contributed by atoms with Gasteiger partial charge in [-0.25, -0.2) is 0 Å². The molecule has 0 aliphatic carbocycles. The first kappa shape index (κ1) is 13.3. The van der Waals surface area contributed by atoms with Crippen LogP contribution >= 0.6 is 0 Å². The molecule has 0 radical (unpaired) electrons. The third kappa shape index (κ3) is 5.83. The summed E-state index contributed by atoms with van der Waals surface area (Å²) in [4.78, 5) is 0. The summed E-state index contributed by atoms with van der Waals surface area (Å²) in [5, 5.41) is 0. The predicted octanol–water partition coefficient (Wildman–Crippen LogP) is 4.88. The van der Waals surface area contributed by atoms with Gasteiger partial charge in [-0.05, 0) is 37.7 Å². The van der Waals surface area contributed by atoms with Gasteiger partial charge in [0, 0.05) is 0 Å². The highest BCUT2D eigenvalue weighted by atomic mass is 14.0. The molecule has 0 spiro atoms. The molecule has 0 aliphatic rings. The molecule has 0 heteroatoms. The van der Waals surface area contributed by atoms with Gasteiger partial charge >= 0.3 is 0 Å². The van der Waals surface area contributed by atoms with Gasteiger partial charge in [-0.15, -0.1) is 5.73 Å². The number of hydrogen-bond acceptors (Lipinski definition) is 0. The van der Waals surface area contributed by atoms with Gasteiger partial charge in [0.05, 0.1) is 0 Å². The maximum absolute atomic E-state index is 3.67. The van der Waals surface area contributed by atoms with Gasteiger partial charge in [-0.1, -0.05) is 45.4 Å². The molecule has 1 atom stereocenters. The zero-order chi connectivity index (χ0) is 11.0. The van der Waals surface area contributed by atoms with E-state index in [1.165, 1.54) is 24.0 Å². The summed E-state index contributed by atoms with van der Waals surface area (Å²) >= 11 is 0. The Hall–Kier alpha value is -0.740. The van der Waals surface area contributed by atoms with E-state index in [9.17, 15) is 0 Å². The highest BCUT2D eigenvalue weighted by Crippen LogP contribution is 2.16. The fraction of sp³-hybridized carbons (Fsp3) is 0.643. The fourth-order valence-corrected chi connectivity index (χ4v) is 1.28. The number of rotatable bonds is 6. The van der Waals surface area contributed by atoms with Crippen molar-refractivity contribution in [2.75, 3.05) is 0 Å². The molecule has 0 heterocycles. The van der Waals surface area contributed by atoms with E-state index < -0.39 is 0 Å². The summed E-state index contributed by atoms with van der Waals surface area (Å²) in [5.41, 5.74) is 5.74. The van der Waals surface area contributed by atoms with E-state index in [0.717, 1.165) is 18.8 Å². The molecule has 0 bridgehead atoms. The topological polar surface area (TPSA) is 0 Å². The summed E-state index contributed by atoms with van der Waals surface area (Å²) in [6, 6.07) is 0. The van der Waals surface area contributed by atoms with Crippen molar-refractivity contribution >= 4 is 0 Å². The average molecular weight is 192 g/mol. The molecule has 0 rings (SSSR count). The zero-order valence-corrected chi connectivity index (χ0v) is 10.2. The molecule has 0 fully saturated rings. The SMILES string of the molecule is C=C=C(C)C/C(=C/CC(C)CC)CC. The van der Waals surface area contributed by atoms with Gasteiger partial charge in [0.2, 0.25) is 0 Å². The Labute approximate surface area is 89.4 Å². The summed E-state index contributed by atoms with van der Waals surface area (Å²) in [5.74, 6) is 0.810. The molecule has 80 valence electrons. The lowest BCUT2D eigenvalue weighted by molar-refractivity contribution is 0.569. The van der Waals surface area contributed by atoms with E-state index in [2.05, 4.69) is 46.1 Å². The Bertz CT molecular complexity index is 226. The molecule has 0 saturated carbocycles. The van der Waals surface area contributed by atoms with Gasteiger partial charge in [0.15, 0.2) is 0 Å². The summed E-state index contributed by atoms with van der Waals surface area (Å²) < 4.78 is 0. The Morgan fingerprint density at radius 3 is 2.50 bits per heavy atom. The van der Waals surface area contributed by atoms with Crippen molar-refractivity contribution in [2.45, 2.75) is 53.4 Å². The second-order valence-electron chi connectivity index (χ2n) is 4.10. The van der Waals surface area contributed by atoms with Crippen LogP contribution < -0.4 is 0 Å². The monoisotopic (exact) mass is 192 g/mol. The Morgan fingerprint density at radius 2 is 2.07 bits per heavy atom. The standard InChI is InChI=1S/C14H24/c1-6-12(4)9-10-14(8-3)11-13(5)7-2/h10,12H,2,6,8-9,11H2,1,3-5H3/b14-10+. The summed E-state index contributed by atoms with van der Waals surface area (Å²) in [7, 11) is 0. The van der Waals surface area contributed by atoms with Crippen LogP contribution in [0.25, 0.3) is 0 Å². The Morgan fingerprint density at radius 1 is 1.43 bits per heavy atom.